The summed E-state index contributed by atoms with van der Waals surface area (Å²) in [7, 11) is 0. The molecule has 26 heavy (non-hydrogen) atoms. The summed E-state index contributed by atoms with van der Waals surface area (Å²) in [5, 5.41) is 3.69. The lowest BCUT2D eigenvalue weighted by Gasteiger charge is -2.18. The molecule has 2 rings (SSSR count). The molecule has 0 fully saturated rings. The second-order valence-corrected chi connectivity index (χ2v) is 6.60. The lowest BCUT2D eigenvalue weighted by Crippen LogP contribution is -3.11. The van der Waals surface area contributed by atoms with E-state index in [1.807, 2.05) is 32.9 Å². The molecule has 140 valence electrons. The van der Waals surface area contributed by atoms with E-state index in [0.29, 0.717) is 18.2 Å². The van der Waals surface area contributed by atoms with Crippen molar-refractivity contribution in [3.8, 4) is 0 Å². The highest BCUT2D eigenvalue weighted by Gasteiger charge is 2.18. The highest BCUT2D eigenvalue weighted by Crippen LogP contribution is 2.24. The Kier molecular flexibility index (Phi) is 6.94. The van der Waals surface area contributed by atoms with Crippen LogP contribution in [0, 0.1) is 13.8 Å². The molecule has 0 aliphatic rings. The molecule has 0 saturated carbocycles. The maximum Gasteiger partial charge on any atom is 0.414 e. The molecular formula is C19H25ClN3O3+. The molecule has 6 nitrogen and oxygen atoms in total. The van der Waals surface area contributed by atoms with Gasteiger partial charge in [-0.1, -0.05) is 23.7 Å². The Labute approximate surface area is 158 Å². The fourth-order valence-electron chi connectivity index (χ4n) is 2.76. The summed E-state index contributed by atoms with van der Waals surface area (Å²) >= 11 is 6.39. The average molecular weight is 379 g/mol. The van der Waals surface area contributed by atoms with E-state index in [4.69, 9.17) is 16.3 Å². The van der Waals surface area contributed by atoms with Crippen molar-refractivity contribution in [2.45, 2.75) is 34.2 Å². The standard InChI is InChI=1S/C19H24ClN3O3/c1-5-23(11-16(24)21-19(25)26-6-2)10-15-9-14-8-7-12(3)13(4)17(14)22-18(15)20/h7-9H,5-6,10-11H2,1-4H3,(H,21,24,25)/p+1. The number of fused-ring (bicyclic) bond motifs is 1. The van der Waals surface area contributed by atoms with Gasteiger partial charge in [0, 0.05) is 10.9 Å². The Morgan fingerprint density at radius 2 is 2.00 bits per heavy atom. The average Bonchev–Trinajstić information content (AvgIpc) is 2.59. The normalized spacial score (nSPS) is 12.0. The molecule has 0 bridgehead atoms. The third-order valence-corrected chi connectivity index (χ3v) is 4.73. The molecule has 2 amide bonds. The van der Waals surface area contributed by atoms with E-state index in [1.165, 1.54) is 5.56 Å². The van der Waals surface area contributed by atoms with Crippen molar-refractivity contribution in [3.05, 3.63) is 40.0 Å². The summed E-state index contributed by atoms with van der Waals surface area (Å²) in [6.07, 6.45) is -0.718. The number of hydrogen-bond donors (Lipinski definition) is 2. The number of carbonyl (C=O) groups excluding carboxylic acids is 2. The third-order valence-electron chi connectivity index (χ3n) is 4.41. The molecule has 1 atom stereocenters. The minimum atomic E-state index is -0.718. The Morgan fingerprint density at radius 1 is 1.27 bits per heavy atom. The molecule has 7 heteroatoms. The number of quaternary nitrogens is 1. The largest absolute Gasteiger partial charge is 0.450 e. The first kappa shape index (κ1) is 20.1. The van der Waals surface area contributed by atoms with E-state index < -0.39 is 6.09 Å². The number of rotatable bonds is 6. The lowest BCUT2D eigenvalue weighted by molar-refractivity contribution is -0.904. The number of carbonyl (C=O) groups is 2. The molecule has 1 aromatic carbocycles. The second-order valence-electron chi connectivity index (χ2n) is 6.24. The van der Waals surface area contributed by atoms with Gasteiger partial charge >= 0.3 is 6.09 Å². The zero-order valence-corrected chi connectivity index (χ0v) is 16.4. The first-order valence-electron chi connectivity index (χ1n) is 8.71. The SMILES string of the molecule is CCOC(=O)NC(=O)C[NH+](CC)Cc1cc2ccc(C)c(C)c2nc1Cl. The quantitative estimate of drug-likeness (QED) is 0.756. The number of likely N-dealkylation sites (N-methyl/N-ethyl adjacent to an activating group) is 1. The van der Waals surface area contributed by atoms with Gasteiger partial charge in [-0.25, -0.2) is 9.78 Å². The molecule has 1 heterocycles. The molecule has 1 aromatic heterocycles. The highest BCUT2D eigenvalue weighted by atomic mass is 35.5. The maximum absolute atomic E-state index is 12.0. The number of aromatic nitrogens is 1. The number of pyridine rings is 1. The zero-order chi connectivity index (χ0) is 19.3. The lowest BCUT2D eigenvalue weighted by atomic mass is 10.0. The Bertz CT molecular complexity index is 823. The van der Waals surface area contributed by atoms with Crippen molar-refractivity contribution in [1.29, 1.82) is 0 Å². The van der Waals surface area contributed by atoms with Crippen molar-refractivity contribution < 1.29 is 19.2 Å². The molecule has 1 unspecified atom stereocenters. The molecule has 0 radical (unpaired) electrons. The summed E-state index contributed by atoms with van der Waals surface area (Å²) in [6, 6.07) is 6.12. The number of benzene rings is 1. The third kappa shape index (κ3) is 4.93. The van der Waals surface area contributed by atoms with Crippen LogP contribution in [0.4, 0.5) is 4.79 Å². The first-order chi connectivity index (χ1) is 12.3. The topological polar surface area (TPSA) is 72.7 Å². The maximum atomic E-state index is 12.0. The van der Waals surface area contributed by atoms with E-state index in [-0.39, 0.29) is 19.1 Å². The number of aryl methyl sites for hydroxylation is 2. The summed E-state index contributed by atoms with van der Waals surface area (Å²) in [4.78, 5) is 28.9. The van der Waals surface area contributed by atoms with E-state index in [9.17, 15) is 9.59 Å². The minimum Gasteiger partial charge on any atom is -0.450 e. The number of hydrogen-bond acceptors (Lipinski definition) is 4. The predicted molar refractivity (Wildman–Crippen MR) is 101 cm³/mol. The zero-order valence-electron chi connectivity index (χ0n) is 15.6. The van der Waals surface area contributed by atoms with Crippen LogP contribution in [0.25, 0.3) is 10.9 Å². The van der Waals surface area contributed by atoms with Crippen molar-refractivity contribution >= 4 is 34.5 Å². The Hall–Kier alpha value is -2.18. The van der Waals surface area contributed by atoms with Crippen LogP contribution in [0.15, 0.2) is 18.2 Å². The second kappa shape index (κ2) is 8.96. The van der Waals surface area contributed by atoms with Gasteiger partial charge in [0.25, 0.3) is 5.91 Å². The predicted octanol–water partition coefficient (Wildman–Crippen LogP) is 2.18. The molecular weight excluding hydrogens is 354 g/mol. The monoisotopic (exact) mass is 378 g/mol. The number of alkyl carbamates (subject to hydrolysis) is 1. The van der Waals surface area contributed by atoms with Crippen molar-refractivity contribution in [2.75, 3.05) is 19.7 Å². The van der Waals surface area contributed by atoms with Crippen LogP contribution in [0.1, 0.15) is 30.5 Å². The van der Waals surface area contributed by atoms with Crippen LogP contribution < -0.4 is 10.2 Å². The van der Waals surface area contributed by atoms with Gasteiger partial charge in [0.05, 0.1) is 18.7 Å². The van der Waals surface area contributed by atoms with Gasteiger partial charge in [-0.2, -0.15) is 0 Å². The summed E-state index contributed by atoms with van der Waals surface area (Å²) in [6.45, 7) is 9.36. The number of ether oxygens (including phenoxy) is 1. The van der Waals surface area contributed by atoms with E-state index >= 15 is 0 Å². The van der Waals surface area contributed by atoms with Gasteiger partial charge in [0.15, 0.2) is 6.54 Å². The first-order valence-corrected chi connectivity index (χ1v) is 9.09. The fraction of sp³-hybridized carbons (Fsp3) is 0.421. The van der Waals surface area contributed by atoms with Crippen LogP contribution in [0.5, 0.6) is 0 Å². The van der Waals surface area contributed by atoms with Gasteiger partial charge in [-0.05, 0) is 44.9 Å². The number of nitrogens with one attached hydrogen (secondary N) is 2. The molecule has 2 N–H and O–H groups in total. The van der Waals surface area contributed by atoms with Gasteiger partial charge in [0.1, 0.15) is 11.7 Å². The van der Waals surface area contributed by atoms with Crippen LogP contribution in [-0.4, -0.2) is 36.7 Å². The van der Waals surface area contributed by atoms with Crippen molar-refractivity contribution in [1.82, 2.24) is 10.3 Å². The molecule has 2 aromatic rings. The Morgan fingerprint density at radius 3 is 2.65 bits per heavy atom. The van der Waals surface area contributed by atoms with Crippen LogP contribution in [0.3, 0.4) is 0 Å². The summed E-state index contributed by atoms with van der Waals surface area (Å²) < 4.78 is 4.72. The molecule has 0 spiro atoms. The summed E-state index contributed by atoms with van der Waals surface area (Å²) in [5.41, 5.74) is 4.06. The highest BCUT2D eigenvalue weighted by molar-refractivity contribution is 6.30. The number of nitrogens with zero attached hydrogens (tertiary/aromatic N) is 1. The van der Waals surface area contributed by atoms with Crippen LogP contribution in [-0.2, 0) is 16.1 Å². The van der Waals surface area contributed by atoms with Gasteiger partial charge in [-0.3, -0.25) is 10.1 Å². The number of imide groups is 1. The fourth-order valence-corrected chi connectivity index (χ4v) is 2.97. The molecule has 0 aliphatic heterocycles. The molecule has 0 aliphatic carbocycles. The number of halogens is 1. The molecule has 0 saturated heterocycles. The van der Waals surface area contributed by atoms with Crippen molar-refractivity contribution in [2.24, 2.45) is 0 Å². The van der Waals surface area contributed by atoms with Crippen LogP contribution in [0.2, 0.25) is 5.15 Å². The van der Waals surface area contributed by atoms with Crippen LogP contribution >= 0.6 is 11.6 Å². The minimum absolute atomic E-state index is 0.149. The van der Waals surface area contributed by atoms with E-state index in [0.717, 1.165) is 26.9 Å². The van der Waals surface area contributed by atoms with Crippen molar-refractivity contribution in [3.63, 3.8) is 0 Å². The van der Waals surface area contributed by atoms with Gasteiger partial charge < -0.3 is 9.64 Å². The Balaban J connectivity index is 2.15. The summed E-state index contributed by atoms with van der Waals surface area (Å²) in [5.74, 6) is -0.378. The van der Waals surface area contributed by atoms with E-state index in [1.54, 1.807) is 6.92 Å². The van der Waals surface area contributed by atoms with E-state index in [2.05, 4.69) is 16.4 Å². The van der Waals surface area contributed by atoms with Gasteiger partial charge in [-0.15, -0.1) is 0 Å². The number of amides is 2. The smallest absolute Gasteiger partial charge is 0.414 e. The van der Waals surface area contributed by atoms with Gasteiger partial charge in [0.2, 0.25) is 0 Å².